The second-order valence-corrected chi connectivity index (χ2v) is 13.5. The summed E-state index contributed by atoms with van der Waals surface area (Å²) in [6.45, 7) is 19.4. The van der Waals surface area contributed by atoms with Crippen LogP contribution >= 0.6 is 11.6 Å². The molecule has 2 aromatic carbocycles. The van der Waals surface area contributed by atoms with Gasteiger partial charge in [0.15, 0.2) is 0 Å². The number of alkyl carbamates (subject to hydrolysis) is 1. The Balaban J connectivity index is 2.67. The number of hydrogen-bond acceptors (Lipinski definition) is 4. The molecule has 0 radical (unpaired) electrons. The van der Waals surface area contributed by atoms with Gasteiger partial charge < -0.3 is 20.3 Å². The molecule has 2 aromatic rings. The lowest BCUT2D eigenvalue weighted by molar-refractivity contribution is -0.144. The van der Waals surface area contributed by atoms with Crippen LogP contribution in [0, 0.1) is 25.7 Å². The van der Waals surface area contributed by atoms with Gasteiger partial charge in [0.05, 0.1) is 10.7 Å². The Hall–Kier alpha value is -3.06. The van der Waals surface area contributed by atoms with E-state index in [4.69, 9.17) is 16.3 Å². The largest absolute Gasteiger partial charge is 0.444 e. The topological polar surface area (TPSA) is 87.7 Å². The summed E-state index contributed by atoms with van der Waals surface area (Å²) in [7, 11) is 0. The van der Waals surface area contributed by atoms with E-state index in [0.29, 0.717) is 35.0 Å². The Labute approximate surface area is 257 Å². The lowest BCUT2D eigenvalue weighted by Gasteiger charge is -2.39. The number of carbonyl (C=O) groups is 3. The molecule has 42 heavy (non-hydrogen) atoms. The number of para-hydroxylation sites is 1. The zero-order valence-electron chi connectivity index (χ0n) is 27.0. The number of aryl methyl sites for hydroxylation is 2. The lowest BCUT2D eigenvalue weighted by atomic mass is 9.94. The molecule has 3 atom stereocenters. The van der Waals surface area contributed by atoms with Gasteiger partial charge in [-0.1, -0.05) is 81.3 Å². The van der Waals surface area contributed by atoms with E-state index in [1.54, 1.807) is 31.7 Å². The van der Waals surface area contributed by atoms with Crippen LogP contribution in [-0.2, 0) is 14.3 Å². The van der Waals surface area contributed by atoms with Crippen LogP contribution in [0.1, 0.15) is 97.4 Å². The van der Waals surface area contributed by atoms with Crippen LogP contribution in [0.25, 0.3) is 0 Å². The minimum atomic E-state index is -0.967. The zero-order chi connectivity index (χ0) is 31.8. The molecule has 3 unspecified atom stereocenters. The first-order valence-electron chi connectivity index (χ1n) is 14.9. The highest BCUT2D eigenvalue weighted by Crippen LogP contribution is 2.32. The van der Waals surface area contributed by atoms with E-state index in [9.17, 15) is 14.4 Å². The third-order valence-electron chi connectivity index (χ3n) is 6.94. The Bertz CT molecular complexity index is 1200. The molecule has 0 aliphatic heterocycles. The van der Waals surface area contributed by atoms with Gasteiger partial charge in [-0.25, -0.2) is 4.79 Å². The second-order valence-electron chi connectivity index (χ2n) is 13.1. The molecule has 232 valence electrons. The third-order valence-corrected chi connectivity index (χ3v) is 7.26. The molecule has 0 saturated heterocycles. The molecule has 0 aliphatic rings. The smallest absolute Gasteiger partial charge is 0.408 e. The van der Waals surface area contributed by atoms with Crippen LogP contribution in [0.15, 0.2) is 42.5 Å². The fourth-order valence-corrected chi connectivity index (χ4v) is 5.16. The molecule has 3 amide bonds. The predicted octanol–water partition coefficient (Wildman–Crippen LogP) is 8.23. The van der Waals surface area contributed by atoms with E-state index in [2.05, 4.69) is 24.5 Å². The van der Waals surface area contributed by atoms with E-state index in [0.717, 1.165) is 17.5 Å². The number of halogens is 1. The van der Waals surface area contributed by atoms with E-state index in [1.807, 2.05) is 71.0 Å². The van der Waals surface area contributed by atoms with Crippen molar-refractivity contribution in [3.63, 3.8) is 0 Å². The summed E-state index contributed by atoms with van der Waals surface area (Å²) >= 11 is 6.50. The van der Waals surface area contributed by atoms with E-state index < -0.39 is 23.8 Å². The molecule has 8 heteroatoms. The van der Waals surface area contributed by atoms with Crippen LogP contribution in [0.3, 0.4) is 0 Å². The average Bonchev–Trinajstić information content (AvgIpc) is 2.85. The average molecular weight is 600 g/mol. The van der Waals surface area contributed by atoms with E-state index >= 15 is 0 Å². The maximum atomic E-state index is 14.6. The molecule has 0 spiro atoms. The summed E-state index contributed by atoms with van der Waals surface area (Å²) in [6, 6.07) is 10.9. The van der Waals surface area contributed by atoms with Gasteiger partial charge >= 0.3 is 6.09 Å². The van der Waals surface area contributed by atoms with Crippen LogP contribution in [0.5, 0.6) is 0 Å². The lowest BCUT2D eigenvalue weighted by Crippen LogP contribution is -2.55. The van der Waals surface area contributed by atoms with Gasteiger partial charge in [0.25, 0.3) is 5.91 Å². The van der Waals surface area contributed by atoms with Gasteiger partial charge in [0, 0.05) is 6.04 Å². The van der Waals surface area contributed by atoms with Gasteiger partial charge in [-0.2, -0.15) is 0 Å². The minimum Gasteiger partial charge on any atom is -0.444 e. The van der Waals surface area contributed by atoms with Crippen LogP contribution in [-0.4, -0.2) is 40.5 Å². The normalized spacial score (nSPS) is 13.8. The number of nitrogens with one attached hydrogen (secondary N) is 2. The maximum absolute atomic E-state index is 14.6. The highest BCUT2D eigenvalue weighted by Gasteiger charge is 2.39. The SMILES string of the molecule is Cc1cccc(C(C(=O)Nc2c(C)cccc2Cl)N(C(=O)C(CC(C)C)NC(=O)OC(C)(C)C)C(C)CCC(C)C)c1. The third kappa shape index (κ3) is 10.6. The van der Waals surface area contributed by atoms with Crippen LogP contribution in [0.4, 0.5) is 10.5 Å². The molecular formula is C34H50ClN3O4. The zero-order valence-corrected chi connectivity index (χ0v) is 27.8. The summed E-state index contributed by atoms with van der Waals surface area (Å²) in [4.78, 5) is 43.5. The molecule has 0 saturated carbocycles. The molecule has 0 aliphatic carbocycles. The van der Waals surface area contributed by atoms with Crippen LogP contribution < -0.4 is 10.6 Å². The highest BCUT2D eigenvalue weighted by molar-refractivity contribution is 6.34. The van der Waals surface area contributed by atoms with Crippen molar-refractivity contribution >= 4 is 35.2 Å². The second kappa shape index (κ2) is 15.4. The summed E-state index contributed by atoms with van der Waals surface area (Å²) in [6.07, 6.45) is 1.27. The Kier molecular flexibility index (Phi) is 12.9. The Morgan fingerprint density at radius 3 is 2.12 bits per heavy atom. The number of amides is 3. The van der Waals surface area contributed by atoms with Crippen molar-refractivity contribution in [2.75, 3.05) is 5.32 Å². The van der Waals surface area contributed by atoms with Gasteiger partial charge in [0.2, 0.25) is 5.91 Å². The van der Waals surface area contributed by atoms with Crippen molar-refractivity contribution in [3.8, 4) is 0 Å². The minimum absolute atomic E-state index is 0.0960. The van der Waals surface area contributed by atoms with E-state index in [-0.39, 0.29) is 23.8 Å². The summed E-state index contributed by atoms with van der Waals surface area (Å²) in [5.41, 5.74) is 2.24. The molecular weight excluding hydrogens is 550 g/mol. The summed E-state index contributed by atoms with van der Waals surface area (Å²) < 4.78 is 5.52. The van der Waals surface area contributed by atoms with Gasteiger partial charge in [-0.05, 0) is 89.8 Å². The molecule has 0 fully saturated rings. The Morgan fingerprint density at radius 2 is 1.57 bits per heavy atom. The molecule has 2 rings (SSSR count). The number of hydrogen-bond donors (Lipinski definition) is 2. The molecule has 7 nitrogen and oxygen atoms in total. The number of nitrogens with zero attached hydrogens (tertiary/aromatic N) is 1. The summed E-state index contributed by atoms with van der Waals surface area (Å²) in [5, 5.41) is 6.27. The molecule has 0 bridgehead atoms. The number of benzene rings is 2. The first-order valence-corrected chi connectivity index (χ1v) is 15.3. The standard InChI is InChI=1S/C34H50ClN3O4/c1-21(2)17-18-25(7)38(32(40)28(19-22(3)4)36-33(41)42-34(8,9)10)30(26-15-11-13-23(5)20-26)31(39)37-29-24(6)14-12-16-27(29)35/h11-16,20-22,25,28,30H,17-19H2,1-10H3,(H,36,41)(H,37,39). The molecule has 0 heterocycles. The maximum Gasteiger partial charge on any atom is 0.408 e. The molecule has 0 aromatic heterocycles. The number of anilines is 1. The van der Waals surface area contributed by atoms with Crippen molar-refractivity contribution in [1.82, 2.24) is 10.2 Å². The van der Waals surface area contributed by atoms with Gasteiger partial charge in [-0.15, -0.1) is 0 Å². The first kappa shape index (κ1) is 35.1. The number of rotatable bonds is 12. The number of ether oxygens (including phenoxy) is 1. The van der Waals surface area contributed by atoms with Crippen molar-refractivity contribution in [2.45, 2.75) is 112 Å². The van der Waals surface area contributed by atoms with Crippen molar-refractivity contribution in [2.24, 2.45) is 11.8 Å². The monoisotopic (exact) mass is 599 g/mol. The fraction of sp³-hybridized carbons (Fsp3) is 0.559. The van der Waals surface area contributed by atoms with Gasteiger partial charge in [0.1, 0.15) is 17.7 Å². The van der Waals surface area contributed by atoms with Crippen LogP contribution in [0.2, 0.25) is 5.02 Å². The highest BCUT2D eigenvalue weighted by atomic mass is 35.5. The van der Waals surface area contributed by atoms with Crippen molar-refractivity contribution in [1.29, 1.82) is 0 Å². The quantitative estimate of drug-likeness (QED) is 0.257. The van der Waals surface area contributed by atoms with Crippen molar-refractivity contribution < 1.29 is 19.1 Å². The predicted molar refractivity (Wildman–Crippen MR) is 172 cm³/mol. The van der Waals surface area contributed by atoms with Crippen molar-refractivity contribution in [3.05, 3.63) is 64.2 Å². The molecule has 2 N–H and O–H groups in total. The summed E-state index contributed by atoms with van der Waals surface area (Å²) in [5.74, 6) is -0.197. The number of carbonyl (C=O) groups excluding carboxylic acids is 3. The van der Waals surface area contributed by atoms with E-state index in [1.165, 1.54) is 0 Å². The Morgan fingerprint density at radius 1 is 0.929 bits per heavy atom. The first-order chi connectivity index (χ1) is 19.5. The van der Waals surface area contributed by atoms with Gasteiger partial charge in [-0.3, -0.25) is 9.59 Å². The fourth-order valence-electron chi connectivity index (χ4n) is 4.90.